The Kier molecular flexibility index (Phi) is 7.70. The fraction of sp³-hybridized carbons (Fsp3) is 0.357. The fourth-order valence-corrected chi connectivity index (χ4v) is 4.13. The van der Waals surface area contributed by atoms with Gasteiger partial charge in [0.05, 0.1) is 36.4 Å². The lowest BCUT2D eigenvalue weighted by Crippen LogP contribution is -2.21. The Bertz CT molecular complexity index is 1170. The van der Waals surface area contributed by atoms with Crippen molar-refractivity contribution in [2.75, 3.05) is 6.61 Å². The van der Waals surface area contributed by atoms with Gasteiger partial charge in [-0.15, -0.1) is 0 Å². The van der Waals surface area contributed by atoms with Crippen LogP contribution < -0.4 is 0 Å². The predicted molar refractivity (Wildman–Crippen MR) is 131 cm³/mol. The molecular formula is C28H30FNO4. The number of aliphatic hydroxyl groups excluding tert-OH is 2. The molecule has 1 aliphatic carbocycles. The summed E-state index contributed by atoms with van der Waals surface area (Å²) in [6, 6.07) is 14.3. The van der Waals surface area contributed by atoms with Crippen LogP contribution in [-0.4, -0.2) is 40.0 Å². The summed E-state index contributed by atoms with van der Waals surface area (Å²) in [5.74, 6) is -0.429. The Morgan fingerprint density at radius 3 is 2.62 bits per heavy atom. The molecule has 34 heavy (non-hydrogen) atoms. The molecule has 0 radical (unpaired) electrons. The third-order valence-corrected chi connectivity index (χ3v) is 5.92. The second kappa shape index (κ2) is 10.9. The van der Waals surface area contributed by atoms with Crippen molar-refractivity contribution in [2.45, 2.75) is 57.2 Å². The number of pyridine rings is 1. The lowest BCUT2D eigenvalue weighted by Gasteiger charge is -2.16. The smallest absolute Gasteiger partial charge is 0.308 e. The van der Waals surface area contributed by atoms with E-state index < -0.39 is 18.2 Å². The Hall–Kier alpha value is -3.09. The van der Waals surface area contributed by atoms with Crippen molar-refractivity contribution in [3.05, 3.63) is 71.7 Å². The molecule has 6 heteroatoms. The highest BCUT2D eigenvalue weighted by molar-refractivity contribution is 5.99. The zero-order valence-electron chi connectivity index (χ0n) is 19.3. The summed E-state index contributed by atoms with van der Waals surface area (Å²) in [5, 5.41) is 21.7. The first-order chi connectivity index (χ1) is 16.5. The number of nitrogens with zero attached hydrogens (tertiary/aromatic N) is 1. The van der Waals surface area contributed by atoms with Crippen LogP contribution in [0.25, 0.3) is 28.1 Å². The van der Waals surface area contributed by atoms with E-state index in [4.69, 9.17) is 9.72 Å². The largest absolute Gasteiger partial charge is 0.466 e. The third kappa shape index (κ3) is 5.88. The maximum atomic E-state index is 13.7. The van der Waals surface area contributed by atoms with Gasteiger partial charge in [-0.2, -0.15) is 0 Å². The van der Waals surface area contributed by atoms with Gasteiger partial charge >= 0.3 is 5.97 Å². The molecule has 0 spiro atoms. The second-order valence-corrected chi connectivity index (χ2v) is 8.82. The highest BCUT2D eigenvalue weighted by Gasteiger charge is 2.29. The Balaban J connectivity index is 1.65. The number of carbonyl (C=O) groups excluding carboxylic acids is 1. The minimum atomic E-state index is -1.00. The van der Waals surface area contributed by atoms with Gasteiger partial charge in [0.25, 0.3) is 0 Å². The van der Waals surface area contributed by atoms with Crippen molar-refractivity contribution in [1.82, 2.24) is 4.98 Å². The number of halogens is 1. The van der Waals surface area contributed by atoms with Crippen molar-refractivity contribution in [2.24, 2.45) is 0 Å². The third-order valence-electron chi connectivity index (χ3n) is 5.92. The lowest BCUT2D eigenvalue weighted by atomic mass is 9.92. The van der Waals surface area contributed by atoms with Crippen LogP contribution in [0, 0.1) is 5.82 Å². The Morgan fingerprint density at radius 2 is 1.91 bits per heavy atom. The SMILES string of the molecule is CCCOC(=O)C[C@@H](O)C[C@@H](O)/C=C/c1c(C2CC2)nc2ccccc2c1-c1ccc(F)cc1. The van der Waals surface area contributed by atoms with E-state index in [-0.39, 0.29) is 18.7 Å². The van der Waals surface area contributed by atoms with E-state index in [1.165, 1.54) is 12.1 Å². The monoisotopic (exact) mass is 463 g/mol. The molecule has 1 aliphatic rings. The van der Waals surface area contributed by atoms with Crippen molar-refractivity contribution in [3.8, 4) is 11.1 Å². The summed E-state index contributed by atoms with van der Waals surface area (Å²) in [6.07, 6.45) is 4.20. The summed E-state index contributed by atoms with van der Waals surface area (Å²) in [6.45, 7) is 2.22. The first-order valence-electron chi connectivity index (χ1n) is 11.8. The Morgan fingerprint density at radius 1 is 1.18 bits per heavy atom. The van der Waals surface area contributed by atoms with Crippen LogP contribution in [0.15, 0.2) is 54.6 Å². The molecule has 2 N–H and O–H groups in total. The highest BCUT2D eigenvalue weighted by atomic mass is 19.1. The van der Waals surface area contributed by atoms with Gasteiger partial charge in [0.2, 0.25) is 0 Å². The molecule has 2 atom stereocenters. The average Bonchev–Trinajstić information content (AvgIpc) is 3.66. The fourth-order valence-electron chi connectivity index (χ4n) is 4.13. The number of fused-ring (bicyclic) bond motifs is 1. The van der Waals surface area contributed by atoms with Gasteiger partial charge in [0.1, 0.15) is 5.82 Å². The van der Waals surface area contributed by atoms with Crippen molar-refractivity contribution in [1.29, 1.82) is 0 Å². The normalized spacial score (nSPS) is 15.5. The molecule has 1 heterocycles. The first kappa shape index (κ1) is 24.0. The molecule has 5 nitrogen and oxygen atoms in total. The van der Waals surface area contributed by atoms with E-state index in [0.717, 1.165) is 46.1 Å². The zero-order chi connectivity index (χ0) is 24.1. The minimum absolute atomic E-state index is 0.0172. The van der Waals surface area contributed by atoms with Crippen molar-refractivity contribution in [3.63, 3.8) is 0 Å². The molecule has 0 bridgehead atoms. The molecule has 1 aromatic heterocycles. The summed E-state index contributed by atoms with van der Waals surface area (Å²) in [7, 11) is 0. The number of hydrogen-bond donors (Lipinski definition) is 2. The van der Waals surface area contributed by atoms with Gasteiger partial charge in [-0.3, -0.25) is 9.78 Å². The number of para-hydroxylation sites is 1. The molecule has 2 aromatic carbocycles. The van der Waals surface area contributed by atoms with Gasteiger partial charge in [0.15, 0.2) is 0 Å². The van der Waals surface area contributed by atoms with Crippen LogP contribution in [0.5, 0.6) is 0 Å². The van der Waals surface area contributed by atoms with E-state index in [1.807, 2.05) is 37.3 Å². The highest BCUT2D eigenvalue weighted by Crippen LogP contribution is 2.45. The van der Waals surface area contributed by atoms with Gasteiger partial charge in [-0.1, -0.05) is 49.4 Å². The predicted octanol–water partition coefficient (Wildman–Crippen LogP) is 5.39. The van der Waals surface area contributed by atoms with Crippen LogP contribution in [0.2, 0.25) is 0 Å². The van der Waals surface area contributed by atoms with E-state index >= 15 is 0 Å². The van der Waals surface area contributed by atoms with Gasteiger partial charge in [-0.25, -0.2) is 4.39 Å². The number of benzene rings is 2. The quantitative estimate of drug-likeness (QED) is 0.394. The summed E-state index contributed by atoms with van der Waals surface area (Å²) in [5.41, 5.74) is 4.55. The minimum Gasteiger partial charge on any atom is -0.466 e. The van der Waals surface area contributed by atoms with Crippen LogP contribution in [0.3, 0.4) is 0 Å². The van der Waals surface area contributed by atoms with E-state index in [1.54, 1.807) is 18.2 Å². The van der Waals surface area contributed by atoms with E-state index in [0.29, 0.717) is 18.9 Å². The van der Waals surface area contributed by atoms with Gasteiger partial charge in [0, 0.05) is 28.9 Å². The number of ether oxygens (including phenoxy) is 1. The number of carbonyl (C=O) groups is 1. The number of aliphatic hydroxyl groups is 2. The molecule has 1 saturated carbocycles. The first-order valence-corrected chi connectivity index (χ1v) is 11.8. The van der Waals surface area contributed by atoms with Crippen LogP contribution in [-0.2, 0) is 9.53 Å². The molecule has 0 amide bonds. The Labute approximate surface area is 198 Å². The summed E-state index contributed by atoms with van der Waals surface area (Å²) in [4.78, 5) is 16.7. The van der Waals surface area contributed by atoms with Crippen LogP contribution in [0.1, 0.15) is 56.2 Å². The maximum absolute atomic E-state index is 13.7. The van der Waals surface area contributed by atoms with Crippen molar-refractivity contribution < 1.29 is 24.1 Å². The number of rotatable bonds is 10. The van der Waals surface area contributed by atoms with Crippen molar-refractivity contribution >= 4 is 22.9 Å². The number of esters is 1. The summed E-state index contributed by atoms with van der Waals surface area (Å²) >= 11 is 0. The lowest BCUT2D eigenvalue weighted by molar-refractivity contribution is -0.146. The molecule has 4 rings (SSSR count). The number of aromatic nitrogens is 1. The van der Waals surface area contributed by atoms with E-state index in [2.05, 4.69) is 0 Å². The molecule has 0 aliphatic heterocycles. The van der Waals surface area contributed by atoms with Crippen LogP contribution >= 0.6 is 0 Å². The molecule has 0 saturated heterocycles. The zero-order valence-corrected chi connectivity index (χ0v) is 19.3. The molecule has 178 valence electrons. The van der Waals surface area contributed by atoms with Gasteiger partial charge in [-0.05, 0) is 43.0 Å². The molecule has 3 aromatic rings. The maximum Gasteiger partial charge on any atom is 0.308 e. The standard InChI is InChI=1S/C28H30FNO4/c1-2-15-34-26(33)17-22(32)16-21(31)13-14-24-27(18-9-11-20(29)12-10-18)23-5-3-4-6-25(23)30-28(24)19-7-8-19/h3-6,9-14,19,21-22,31-32H,2,7-8,15-17H2,1H3/b14-13+/t21-,22-/m0/s1. The van der Waals surface area contributed by atoms with Gasteiger partial charge < -0.3 is 14.9 Å². The van der Waals surface area contributed by atoms with E-state index in [9.17, 15) is 19.4 Å². The summed E-state index contributed by atoms with van der Waals surface area (Å²) < 4.78 is 18.7. The number of hydrogen-bond acceptors (Lipinski definition) is 5. The molecule has 0 unspecified atom stereocenters. The second-order valence-electron chi connectivity index (χ2n) is 8.82. The molecule has 1 fully saturated rings. The van der Waals surface area contributed by atoms with Crippen LogP contribution in [0.4, 0.5) is 4.39 Å². The topological polar surface area (TPSA) is 79.7 Å². The molecular weight excluding hydrogens is 433 g/mol. The average molecular weight is 464 g/mol.